The van der Waals surface area contributed by atoms with Crippen LogP contribution >= 0.6 is 0 Å². The van der Waals surface area contributed by atoms with E-state index in [9.17, 15) is 4.79 Å². The van der Waals surface area contributed by atoms with Crippen molar-refractivity contribution in [3.05, 3.63) is 29.8 Å². The number of nitrogens with zero attached hydrogens (tertiary/aromatic N) is 1. The molecular formula is C14H17NO3. The van der Waals surface area contributed by atoms with Gasteiger partial charge in [-0.25, -0.2) is 4.79 Å². The van der Waals surface area contributed by atoms with E-state index in [2.05, 4.69) is 5.16 Å². The van der Waals surface area contributed by atoms with E-state index >= 15 is 0 Å². The fourth-order valence-corrected chi connectivity index (χ4v) is 2.11. The quantitative estimate of drug-likeness (QED) is 0.507. The molecule has 0 amide bonds. The Morgan fingerprint density at radius 1 is 1.22 bits per heavy atom. The highest BCUT2D eigenvalue weighted by atomic mass is 16.7. The van der Waals surface area contributed by atoms with Crippen LogP contribution in [0.15, 0.2) is 29.4 Å². The molecule has 1 aromatic rings. The lowest BCUT2D eigenvalue weighted by Gasteiger charge is -2.17. The van der Waals surface area contributed by atoms with E-state index in [1.165, 1.54) is 12.6 Å². The number of hydrogen-bond acceptors (Lipinski definition) is 4. The molecule has 0 saturated heterocycles. The van der Waals surface area contributed by atoms with Gasteiger partial charge in [0.2, 0.25) is 0 Å². The number of phenols is 1. The second-order valence-corrected chi connectivity index (χ2v) is 4.57. The molecule has 4 nitrogen and oxygen atoms in total. The molecule has 96 valence electrons. The van der Waals surface area contributed by atoms with E-state index in [-0.39, 0.29) is 17.6 Å². The number of oxime groups is 1. The maximum absolute atomic E-state index is 11.7. The largest absolute Gasteiger partial charge is 0.508 e. The number of carbonyl (C=O) groups excluding carboxylic acids is 1. The predicted molar refractivity (Wildman–Crippen MR) is 68.4 cm³/mol. The molecule has 0 unspecified atom stereocenters. The van der Waals surface area contributed by atoms with Crippen LogP contribution in [0.4, 0.5) is 0 Å². The van der Waals surface area contributed by atoms with Gasteiger partial charge in [-0.2, -0.15) is 0 Å². The first-order valence-corrected chi connectivity index (χ1v) is 6.29. The Balaban J connectivity index is 1.83. The van der Waals surface area contributed by atoms with Crippen LogP contribution in [-0.2, 0) is 9.63 Å². The van der Waals surface area contributed by atoms with Gasteiger partial charge in [0.15, 0.2) is 0 Å². The topological polar surface area (TPSA) is 58.9 Å². The van der Waals surface area contributed by atoms with Crippen molar-refractivity contribution < 1.29 is 14.7 Å². The molecule has 18 heavy (non-hydrogen) atoms. The first kappa shape index (κ1) is 12.6. The molecule has 0 bridgehead atoms. The van der Waals surface area contributed by atoms with Crippen LogP contribution in [0.5, 0.6) is 5.75 Å². The van der Waals surface area contributed by atoms with Gasteiger partial charge < -0.3 is 9.94 Å². The molecule has 0 heterocycles. The van der Waals surface area contributed by atoms with Gasteiger partial charge in [-0.1, -0.05) is 24.4 Å². The van der Waals surface area contributed by atoms with Crippen molar-refractivity contribution in [2.75, 3.05) is 0 Å². The van der Waals surface area contributed by atoms with Gasteiger partial charge in [0.1, 0.15) is 5.75 Å². The van der Waals surface area contributed by atoms with Crippen LogP contribution in [0.25, 0.3) is 0 Å². The van der Waals surface area contributed by atoms with Gasteiger partial charge >= 0.3 is 5.97 Å². The fourth-order valence-electron chi connectivity index (χ4n) is 2.11. The highest BCUT2D eigenvalue weighted by Gasteiger charge is 2.22. The molecule has 1 aliphatic carbocycles. The standard InChI is InChI=1S/C14H17NO3/c16-13-8-6-11(7-9-13)10-15-18-14(17)12-4-2-1-3-5-12/h6-10,12,16H,1-5H2/b15-10-. The number of aromatic hydroxyl groups is 1. The Labute approximate surface area is 106 Å². The van der Waals surface area contributed by atoms with Crippen LogP contribution in [0.2, 0.25) is 0 Å². The molecule has 0 atom stereocenters. The summed E-state index contributed by atoms with van der Waals surface area (Å²) in [4.78, 5) is 16.6. The van der Waals surface area contributed by atoms with Crippen LogP contribution in [-0.4, -0.2) is 17.3 Å². The molecule has 1 aliphatic rings. The maximum atomic E-state index is 11.7. The van der Waals surface area contributed by atoms with E-state index in [0.29, 0.717) is 0 Å². The summed E-state index contributed by atoms with van der Waals surface area (Å²) in [5.41, 5.74) is 0.782. The van der Waals surface area contributed by atoms with Crippen molar-refractivity contribution in [3.8, 4) is 5.75 Å². The molecule has 1 N–H and O–H groups in total. The highest BCUT2D eigenvalue weighted by molar-refractivity contribution is 5.80. The van der Waals surface area contributed by atoms with Crippen molar-refractivity contribution >= 4 is 12.2 Å². The normalized spacial score (nSPS) is 16.9. The van der Waals surface area contributed by atoms with Crippen LogP contribution in [0.1, 0.15) is 37.7 Å². The first-order chi connectivity index (χ1) is 8.75. The fraction of sp³-hybridized carbons (Fsp3) is 0.429. The Hall–Kier alpha value is -1.84. The van der Waals surface area contributed by atoms with Gasteiger partial charge in [-0.15, -0.1) is 0 Å². The summed E-state index contributed by atoms with van der Waals surface area (Å²) in [6, 6.07) is 6.52. The Morgan fingerprint density at radius 2 is 1.89 bits per heavy atom. The molecule has 1 fully saturated rings. The lowest BCUT2D eigenvalue weighted by Crippen LogP contribution is -2.18. The molecule has 0 spiro atoms. The molecule has 2 rings (SSSR count). The number of carbonyl (C=O) groups is 1. The summed E-state index contributed by atoms with van der Waals surface area (Å²) in [7, 11) is 0. The average molecular weight is 247 g/mol. The Morgan fingerprint density at radius 3 is 2.56 bits per heavy atom. The van der Waals surface area contributed by atoms with Crippen molar-refractivity contribution in [2.45, 2.75) is 32.1 Å². The number of benzene rings is 1. The molecule has 0 aliphatic heterocycles. The zero-order chi connectivity index (χ0) is 12.8. The van der Waals surface area contributed by atoms with Gasteiger partial charge in [0.25, 0.3) is 0 Å². The molecule has 0 radical (unpaired) electrons. The smallest absolute Gasteiger partial charge is 0.338 e. The van der Waals surface area contributed by atoms with E-state index in [1.807, 2.05) is 0 Å². The summed E-state index contributed by atoms with van der Waals surface area (Å²) in [5.74, 6) is -0.0215. The maximum Gasteiger partial charge on any atom is 0.338 e. The molecule has 1 saturated carbocycles. The van der Waals surface area contributed by atoms with Crippen molar-refractivity contribution in [2.24, 2.45) is 11.1 Å². The number of phenolic OH excluding ortho intramolecular Hbond substituents is 1. The minimum atomic E-state index is -0.232. The SMILES string of the molecule is O=C(O/N=C\c1ccc(O)cc1)C1CCCCC1. The lowest BCUT2D eigenvalue weighted by molar-refractivity contribution is -0.149. The summed E-state index contributed by atoms with van der Waals surface area (Å²) in [5, 5.41) is 12.8. The summed E-state index contributed by atoms with van der Waals surface area (Å²) < 4.78 is 0. The second kappa shape index (κ2) is 6.19. The lowest BCUT2D eigenvalue weighted by atomic mass is 9.89. The van der Waals surface area contributed by atoms with Gasteiger partial charge in [0.05, 0.1) is 12.1 Å². The van der Waals surface area contributed by atoms with E-state index in [0.717, 1.165) is 31.2 Å². The third-order valence-corrected chi connectivity index (χ3v) is 3.18. The Kier molecular flexibility index (Phi) is 4.34. The van der Waals surface area contributed by atoms with E-state index in [4.69, 9.17) is 9.94 Å². The van der Waals surface area contributed by atoms with Crippen molar-refractivity contribution in [3.63, 3.8) is 0 Å². The van der Waals surface area contributed by atoms with Crippen molar-refractivity contribution in [1.82, 2.24) is 0 Å². The van der Waals surface area contributed by atoms with Crippen LogP contribution < -0.4 is 0 Å². The van der Waals surface area contributed by atoms with Crippen molar-refractivity contribution in [1.29, 1.82) is 0 Å². The molecular weight excluding hydrogens is 230 g/mol. The summed E-state index contributed by atoms with van der Waals surface area (Å²) in [6.07, 6.45) is 6.70. The first-order valence-electron chi connectivity index (χ1n) is 6.29. The minimum Gasteiger partial charge on any atom is -0.508 e. The number of rotatable bonds is 3. The van der Waals surface area contributed by atoms with Gasteiger partial charge in [0, 0.05) is 0 Å². The van der Waals surface area contributed by atoms with Crippen LogP contribution in [0, 0.1) is 5.92 Å². The molecule has 0 aromatic heterocycles. The average Bonchev–Trinajstić information content (AvgIpc) is 2.42. The second-order valence-electron chi connectivity index (χ2n) is 4.57. The van der Waals surface area contributed by atoms with E-state index in [1.54, 1.807) is 24.3 Å². The summed E-state index contributed by atoms with van der Waals surface area (Å²) in [6.45, 7) is 0. The monoisotopic (exact) mass is 247 g/mol. The third-order valence-electron chi connectivity index (χ3n) is 3.18. The summed E-state index contributed by atoms with van der Waals surface area (Å²) >= 11 is 0. The van der Waals surface area contributed by atoms with Gasteiger partial charge in [-0.05, 0) is 42.7 Å². The molecule has 4 heteroatoms. The Bertz CT molecular complexity index is 419. The highest BCUT2D eigenvalue weighted by Crippen LogP contribution is 2.24. The van der Waals surface area contributed by atoms with Crippen LogP contribution in [0.3, 0.4) is 0 Å². The predicted octanol–water partition coefficient (Wildman–Crippen LogP) is 2.85. The van der Waals surface area contributed by atoms with E-state index < -0.39 is 0 Å². The zero-order valence-corrected chi connectivity index (χ0v) is 10.2. The number of hydrogen-bond donors (Lipinski definition) is 1. The third kappa shape index (κ3) is 3.58. The molecule has 1 aromatic carbocycles. The zero-order valence-electron chi connectivity index (χ0n) is 10.2. The minimum absolute atomic E-state index is 0.00992. The van der Waals surface area contributed by atoms with Gasteiger partial charge in [-0.3, -0.25) is 0 Å².